The molecule has 0 saturated carbocycles. The van der Waals surface area contributed by atoms with Gasteiger partial charge in [0, 0.05) is 17.2 Å². The number of hydrogen-bond donors (Lipinski definition) is 1. The van der Waals surface area contributed by atoms with Gasteiger partial charge in [0.1, 0.15) is 10.6 Å². The molecule has 1 saturated heterocycles. The molecule has 0 spiro atoms. The second-order valence-corrected chi connectivity index (χ2v) is 10.4. The Labute approximate surface area is 200 Å². The fourth-order valence-electron chi connectivity index (χ4n) is 4.48. The molecule has 0 bridgehead atoms. The Bertz CT molecular complexity index is 1210. The largest absolute Gasteiger partial charge is 0.497 e. The molecular weight excluding hydrogens is 458 g/mol. The normalized spacial score (nSPS) is 17.8. The minimum atomic E-state index is -0.145. The number of fused-ring (bicyclic) bond motifs is 3. The van der Waals surface area contributed by atoms with E-state index >= 15 is 0 Å². The summed E-state index contributed by atoms with van der Waals surface area (Å²) in [4.78, 5) is 33.2. The van der Waals surface area contributed by atoms with Crippen molar-refractivity contribution in [2.45, 2.75) is 56.3 Å². The van der Waals surface area contributed by atoms with Gasteiger partial charge in [-0.25, -0.2) is 4.98 Å². The molecule has 1 fully saturated rings. The molecule has 1 aromatic carbocycles. The first kappa shape index (κ1) is 22.4. The number of methoxy groups -OCH3 is 1. The van der Waals surface area contributed by atoms with Crippen LogP contribution in [0.25, 0.3) is 10.2 Å². The number of thiophene rings is 1. The standard InChI is InChI=1S/C24H27N3O4S2/c1-30-16-10-8-15(9-11-16)25-20(28)14-32-24-26-22-21(18-6-2-3-7-19(18)33-22)23(29)27(24)13-17-5-4-12-31-17/h8-11,17H,2-7,12-14H2,1H3,(H,25,28). The highest BCUT2D eigenvalue weighted by Gasteiger charge is 2.25. The zero-order valence-electron chi connectivity index (χ0n) is 18.6. The minimum absolute atomic E-state index is 0.00737. The highest BCUT2D eigenvalue weighted by molar-refractivity contribution is 7.99. The van der Waals surface area contributed by atoms with Crippen molar-refractivity contribution in [2.24, 2.45) is 0 Å². The lowest BCUT2D eigenvalue weighted by Gasteiger charge is -2.16. The molecule has 1 atom stereocenters. The van der Waals surface area contributed by atoms with Crippen LogP contribution in [-0.4, -0.2) is 41.0 Å². The second kappa shape index (κ2) is 9.87. The number of carbonyl (C=O) groups excluding carboxylic acids is 1. The molecule has 9 heteroatoms. The third-order valence-corrected chi connectivity index (χ3v) is 8.32. The number of thioether (sulfide) groups is 1. The lowest BCUT2D eigenvalue weighted by molar-refractivity contribution is -0.113. The Morgan fingerprint density at radius 2 is 2.09 bits per heavy atom. The lowest BCUT2D eigenvalue weighted by Crippen LogP contribution is -2.29. The number of anilines is 1. The third-order valence-electron chi connectivity index (χ3n) is 6.16. The Kier molecular flexibility index (Phi) is 6.71. The van der Waals surface area contributed by atoms with Crippen LogP contribution >= 0.6 is 23.1 Å². The summed E-state index contributed by atoms with van der Waals surface area (Å²) in [6, 6.07) is 7.20. The summed E-state index contributed by atoms with van der Waals surface area (Å²) in [5.74, 6) is 0.756. The average molecular weight is 486 g/mol. The van der Waals surface area contributed by atoms with E-state index in [1.54, 1.807) is 47.3 Å². The van der Waals surface area contributed by atoms with E-state index < -0.39 is 0 Å². The molecule has 33 heavy (non-hydrogen) atoms. The number of rotatable bonds is 7. The van der Waals surface area contributed by atoms with Crippen molar-refractivity contribution in [3.8, 4) is 5.75 Å². The fraction of sp³-hybridized carbons (Fsp3) is 0.458. The highest BCUT2D eigenvalue weighted by Crippen LogP contribution is 2.35. The van der Waals surface area contributed by atoms with Crippen LogP contribution in [0.4, 0.5) is 5.69 Å². The second-order valence-electron chi connectivity index (χ2n) is 8.40. The van der Waals surface area contributed by atoms with Gasteiger partial charge in [0.25, 0.3) is 5.56 Å². The van der Waals surface area contributed by atoms with E-state index in [1.807, 2.05) is 0 Å². The molecule has 1 unspecified atom stereocenters. The molecule has 0 radical (unpaired) electrons. The quantitative estimate of drug-likeness (QED) is 0.398. The molecule has 3 heterocycles. The van der Waals surface area contributed by atoms with Crippen molar-refractivity contribution in [3.63, 3.8) is 0 Å². The molecule has 3 aromatic rings. The summed E-state index contributed by atoms with van der Waals surface area (Å²) in [6.07, 6.45) is 6.22. The highest BCUT2D eigenvalue weighted by atomic mass is 32.2. The number of amides is 1. The van der Waals surface area contributed by atoms with Gasteiger partial charge in [0.15, 0.2) is 5.16 Å². The van der Waals surface area contributed by atoms with E-state index in [0.29, 0.717) is 17.4 Å². The number of nitrogens with zero attached hydrogens (tertiary/aromatic N) is 2. The SMILES string of the molecule is COc1ccc(NC(=O)CSc2nc3sc4c(c3c(=O)n2CC2CCCO2)CCCC4)cc1. The van der Waals surface area contributed by atoms with Gasteiger partial charge in [-0.3, -0.25) is 14.2 Å². The monoisotopic (exact) mass is 485 g/mol. The van der Waals surface area contributed by atoms with Crippen LogP contribution in [0, 0.1) is 0 Å². The maximum Gasteiger partial charge on any atom is 0.263 e. The number of carbonyl (C=O) groups is 1. The van der Waals surface area contributed by atoms with Gasteiger partial charge >= 0.3 is 0 Å². The molecule has 1 aliphatic carbocycles. The summed E-state index contributed by atoms with van der Waals surface area (Å²) in [7, 11) is 1.61. The number of aromatic nitrogens is 2. The summed E-state index contributed by atoms with van der Waals surface area (Å²) in [5, 5.41) is 4.26. The average Bonchev–Trinajstić information content (AvgIpc) is 3.47. The molecular formula is C24H27N3O4S2. The van der Waals surface area contributed by atoms with Crippen LogP contribution in [0.15, 0.2) is 34.2 Å². The van der Waals surface area contributed by atoms with Gasteiger partial charge in [-0.1, -0.05) is 11.8 Å². The molecule has 5 rings (SSSR count). The van der Waals surface area contributed by atoms with Gasteiger partial charge in [0.2, 0.25) is 5.91 Å². The minimum Gasteiger partial charge on any atom is -0.497 e. The van der Waals surface area contributed by atoms with Crippen LogP contribution in [0.5, 0.6) is 5.75 Å². The Morgan fingerprint density at radius 3 is 2.85 bits per heavy atom. The lowest BCUT2D eigenvalue weighted by atomic mass is 9.97. The van der Waals surface area contributed by atoms with Gasteiger partial charge in [0.05, 0.1) is 30.9 Å². The number of ether oxygens (including phenoxy) is 2. The van der Waals surface area contributed by atoms with Gasteiger partial charge in [-0.05, 0) is 68.4 Å². The molecule has 174 valence electrons. The maximum absolute atomic E-state index is 13.6. The van der Waals surface area contributed by atoms with Crippen molar-refractivity contribution < 1.29 is 14.3 Å². The molecule has 2 aliphatic rings. The van der Waals surface area contributed by atoms with Gasteiger partial charge in [-0.15, -0.1) is 11.3 Å². The first-order valence-electron chi connectivity index (χ1n) is 11.4. The number of hydrogen-bond acceptors (Lipinski definition) is 7. The maximum atomic E-state index is 13.6. The summed E-state index contributed by atoms with van der Waals surface area (Å²) in [5.41, 5.74) is 1.90. The first-order chi connectivity index (χ1) is 16.1. The van der Waals surface area contributed by atoms with Crippen LogP contribution in [0.2, 0.25) is 0 Å². The summed E-state index contributed by atoms with van der Waals surface area (Å²) < 4.78 is 12.7. The molecule has 1 N–H and O–H groups in total. The van der Waals surface area contributed by atoms with E-state index in [1.165, 1.54) is 22.2 Å². The van der Waals surface area contributed by atoms with E-state index in [0.717, 1.165) is 61.1 Å². The van der Waals surface area contributed by atoms with Crippen LogP contribution in [0.1, 0.15) is 36.1 Å². The van der Waals surface area contributed by atoms with Crippen molar-refractivity contribution in [3.05, 3.63) is 45.1 Å². The molecule has 2 aromatic heterocycles. The number of benzene rings is 1. The van der Waals surface area contributed by atoms with Crippen molar-refractivity contribution >= 4 is 44.9 Å². The van der Waals surface area contributed by atoms with Crippen LogP contribution in [0.3, 0.4) is 0 Å². The molecule has 7 nitrogen and oxygen atoms in total. The van der Waals surface area contributed by atoms with Crippen molar-refractivity contribution in [1.29, 1.82) is 0 Å². The van der Waals surface area contributed by atoms with E-state index in [-0.39, 0.29) is 23.3 Å². The Morgan fingerprint density at radius 1 is 1.27 bits per heavy atom. The topological polar surface area (TPSA) is 82.5 Å². The van der Waals surface area contributed by atoms with Gasteiger partial charge < -0.3 is 14.8 Å². The molecule has 1 amide bonds. The Hall–Kier alpha value is -2.36. The van der Waals surface area contributed by atoms with Crippen LogP contribution < -0.4 is 15.6 Å². The first-order valence-corrected chi connectivity index (χ1v) is 13.2. The molecule has 1 aliphatic heterocycles. The van der Waals surface area contributed by atoms with E-state index in [9.17, 15) is 9.59 Å². The third kappa shape index (κ3) is 4.81. The fourth-order valence-corrected chi connectivity index (χ4v) is 6.60. The van der Waals surface area contributed by atoms with Crippen molar-refractivity contribution in [1.82, 2.24) is 9.55 Å². The number of aryl methyl sites for hydroxylation is 2. The summed E-state index contributed by atoms with van der Waals surface area (Å²) >= 11 is 2.95. The smallest absolute Gasteiger partial charge is 0.263 e. The van der Waals surface area contributed by atoms with Crippen LogP contribution in [-0.2, 0) is 28.9 Å². The number of nitrogens with one attached hydrogen (secondary N) is 1. The Balaban J connectivity index is 1.40. The van der Waals surface area contributed by atoms with Crippen molar-refractivity contribution in [2.75, 3.05) is 24.8 Å². The summed E-state index contributed by atoms with van der Waals surface area (Å²) in [6.45, 7) is 1.21. The zero-order chi connectivity index (χ0) is 22.8. The van der Waals surface area contributed by atoms with E-state index in [2.05, 4.69) is 5.32 Å². The zero-order valence-corrected chi connectivity index (χ0v) is 20.2. The van der Waals surface area contributed by atoms with Gasteiger partial charge in [-0.2, -0.15) is 0 Å². The van der Waals surface area contributed by atoms with E-state index in [4.69, 9.17) is 14.5 Å². The predicted octanol–water partition coefficient (Wildman–Crippen LogP) is 4.26. The predicted molar refractivity (Wildman–Crippen MR) is 132 cm³/mol.